The second-order valence-corrected chi connectivity index (χ2v) is 5.93. The Hall–Kier alpha value is -2.31. The van der Waals surface area contributed by atoms with E-state index in [4.69, 9.17) is 11.6 Å². The van der Waals surface area contributed by atoms with E-state index in [0.29, 0.717) is 10.6 Å². The molecule has 0 unspecified atom stereocenters. The van der Waals surface area contributed by atoms with Crippen LogP contribution in [0.3, 0.4) is 0 Å². The first kappa shape index (κ1) is 17.1. The van der Waals surface area contributed by atoms with Crippen LogP contribution in [-0.4, -0.2) is 23.8 Å². The monoisotopic (exact) mass is 347 g/mol. The number of carboxylic acids is 1. The molecule has 0 saturated carbocycles. The summed E-state index contributed by atoms with van der Waals surface area (Å²) in [5.74, 6) is -1.25. The molecule has 0 aliphatic heterocycles. The van der Waals surface area contributed by atoms with Crippen molar-refractivity contribution in [2.24, 2.45) is 5.10 Å². The minimum atomic E-state index is -1.24. The first-order chi connectivity index (χ1) is 11.0. The molecule has 0 aliphatic carbocycles. The fourth-order valence-electron chi connectivity index (χ4n) is 1.60. The maximum atomic E-state index is 11.7. The summed E-state index contributed by atoms with van der Waals surface area (Å²) >= 11 is 7.16. The van der Waals surface area contributed by atoms with E-state index < -0.39 is 5.97 Å². The Morgan fingerprint density at radius 3 is 2.39 bits per heavy atom. The van der Waals surface area contributed by atoms with Gasteiger partial charge in [-0.05, 0) is 35.4 Å². The average Bonchev–Trinajstić information content (AvgIpc) is 2.55. The summed E-state index contributed by atoms with van der Waals surface area (Å²) in [5.41, 5.74) is 3.16. The Balaban J connectivity index is 1.79. The molecule has 2 aromatic rings. The van der Waals surface area contributed by atoms with Crippen LogP contribution < -0.4 is 10.5 Å². The standard InChI is InChI=1S/C16H13ClN2O3S/c17-13-5-7-14(8-6-13)23-10-15(20)19-18-9-11-1-3-12(4-2-11)16(21)22/h1-9H,10H2,(H,19,20)(H,21,22)/p-1/b18-9-. The molecule has 0 aromatic heterocycles. The van der Waals surface area contributed by atoms with Crippen LogP contribution in [0.1, 0.15) is 15.9 Å². The minimum Gasteiger partial charge on any atom is -0.545 e. The highest BCUT2D eigenvalue weighted by Gasteiger charge is 2.01. The van der Waals surface area contributed by atoms with Gasteiger partial charge in [0.15, 0.2) is 0 Å². The van der Waals surface area contributed by atoms with Gasteiger partial charge in [0.1, 0.15) is 0 Å². The van der Waals surface area contributed by atoms with Crippen LogP contribution in [-0.2, 0) is 4.79 Å². The number of hydrogen-bond donors (Lipinski definition) is 1. The van der Waals surface area contributed by atoms with E-state index in [1.165, 1.54) is 30.1 Å². The summed E-state index contributed by atoms with van der Waals surface area (Å²) in [6, 6.07) is 13.2. The maximum absolute atomic E-state index is 11.7. The molecule has 7 heteroatoms. The molecule has 0 heterocycles. The van der Waals surface area contributed by atoms with E-state index in [1.807, 2.05) is 12.1 Å². The van der Waals surface area contributed by atoms with Crippen LogP contribution in [0.2, 0.25) is 5.02 Å². The second-order valence-electron chi connectivity index (χ2n) is 4.45. The number of nitrogens with zero attached hydrogens (tertiary/aromatic N) is 1. The van der Waals surface area contributed by atoms with Gasteiger partial charge in [0.05, 0.1) is 17.9 Å². The first-order valence-corrected chi connectivity index (χ1v) is 7.92. The quantitative estimate of drug-likeness (QED) is 0.492. The topological polar surface area (TPSA) is 81.6 Å². The average molecular weight is 348 g/mol. The summed E-state index contributed by atoms with van der Waals surface area (Å²) in [6.07, 6.45) is 1.43. The van der Waals surface area contributed by atoms with Gasteiger partial charge in [-0.3, -0.25) is 4.79 Å². The van der Waals surface area contributed by atoms with E-state index in [-0.39, 0.29) is 17.2 Å². The molecule has 2 rings (SSSR count). The van der Waals surface area contributed by atoms with Crippen LogP contribution in [0.4, 0.5) is 0 Å². The van der Waals surface area contributed by atoms with Crippen molar-refractivity contribution in [2.45, 2.75) is 4.90 Å². The Kier molecular flexibility index (Phi) is 6.19. The van der Waals surface area contributed by atoms with E-state index in [9.17, 15) is 14.7 Å². The third-order valence-electron chi connectivity index (χ3n) is 2.73. The van der Waals surface area contributed by atoms with Crippen molar-refractivity contribution in [3.05, 3.63) is 64.7 Å². The van der Waals surface area contributed by atoms with Gasteiger partial charge < -0.3 is 9.90 Å². The number of halogens is 1. The maximum Gasteiger partial charge on any atom is 0.250 e. The van der Waals surface area contributed by atoms with Crippen LogP contribution in [0.25, 0.3) is 0 Å². The first-order valence-electron chi connectivity index (χ1n) is 6.56. The highest BCUT2D eigenvalue weighted by atomic mass is 35.5. The highest BCUT2D eigenvalue weighted by molar-refractivity contribution is 8.00. The number of amides is 1. The van der Waals surface area contributed by atoms with E-state index in [1.54, 1.807) is 24.3 Å². The predicted molar refractivity (Wildman–Crippen MR) is 88.7 cm³/mol. The molecule has 2 aromatic carbocycles. The molecule has 1 N–H and O–H groups in total. The number of rotatable bonds is 6. The zero-order valence-corrected chi connectivity index (χ0v) is 13.4. The Labute approximate surface area is 142 Å². The molecule has 0 spiro atoms. The van der Waals surface area contributed by atoms with Crippen LogP contribution >= 0.6 is 23.4 Å². The fraction of sp³-hybridized carbons (Fsp3) is 0.0625. The van der Waals surface area contributed by atoms with Crippen molar-refractivity contribution in [3.8, 4) is 0 Å². The normalized spacial score (nSPS) is 10.7. The van der Waals surface area contributed by atoms with Crippen LogP contribution in [0.5, 0.6) is 0 Å². The third kappa shape index (κ3) is 5.77. The molecule has 0 radical (unpaired) electrons. The molecule has 23 heavy (non-hydrogen) atoms. The smallest absolute Gasteiger partial charge is 0.250 e. The van der Waals surface area contributed by atoms with Crippen molar-refractivity contribution in [1.29, 1.82) is 0 Å². The van der Waals surface area contributed by atoms with E-state index >= 15 is 0 Å². The molecule has 5 nitrogen and oxygen atoms in total. The lowest BCUT2D eigenvalue weighted by atomic mass is 10.1. The molecular weight excluding hydrogens is 336 g/mol. The summed E-state index contributed by atoms with van der Waals surface area (Å²) in [5, 5.41) is 15.1. The van der Waals surface area contributed by atoms with Gasteiger partial charge >= 0.3 is 0 Å². The largest absolute Gasteiger partial charge is 0.545 e. The summed E-state index contributed by atoms with van der Waals surface area (Å²) in [6.45, 7) is 0. The minimum absolute atomic E-state index is 0.0885. The molecule has 0 bridgehead atoms. The Morgan fingerprint density at radius 1 is 1.13 bits per heavy atom. The van der Waals surface area contributed by atoms with Crippen molar-refractivity contribution in [1.82, 2.24) is 5.43 Å². The zero-order chi connectivity index (χ0) is 16.7. The molecule has 0 saturated heterocycles. The number of carbonyl (C=O) groups excluding carboxylic acids is 2. The van der Waals surface area contributed by atoms with Gasteiger partial charge in [0, 0.05) is 9.92 Å². The summed E-state index contributed by atoms with van der Waals surface area (Å²) in [7, 11) is 0. The molecule has 118 valence electrons. The van der Waals surface area contributed by atoms with Crippen molar-refractivity contribution in [3.63, 3.8) is 0 Å². The van der Waals surface area contributed by atoms with Crippen LogP contribution in [0, 0.1) is 0 Å². The molecule has 0 aliphatic rings. The highest BCUT2D eigenvalue weighted by Crippen LogP contribution is 2.19. The number of hydrazone groups is 1. The van der Waals surface area contributed by atoms with Gasteiger partial charge in [0.2, 0.25) is 5.91 Å². The number of carbonyl (C=O) groups is 2. The van der Waals surface area contributed by atoms with Gasteiger partial charge in [0.25, 0.3) is 0 Å². The van der Waals surface area contributed by atoms with Crippen molar-refractivity contribution < 1.29 is 14.7 Å². The molecule has 0 fully saturated rings. The lowest BCUT2D eigenvalue weighted by molar-refractivity contribution is -0.255. The number of thioether (sulfide) groups is 1. The zero-order valence-electron chi connectivity index (χ0n) is 11.9. The third-order valence-corrected chi connectivity index (χ3v) is 4.00. The van der Waals surface area contributed by atoms with Gasteiger partial charge in [-0.2, -0.15) is 5.10 Å². The fourth-order valence-corrected chi connectivity index (χ4v) is 2.41. The van der Waals surface area contributed by atoms with Gasteiger partial charge in [-0.1, -0.05) is 35.9 Å². The van der Waals surface area contributed by atoms with Gasteiger partial charge in [-0.25, -0.2) is 5.43 Å². The van der Waals surface area contributed by atoms with Crippen LogP contribution in [0.15, 0.2) is 58.5 Å². The number of nitrogens with one attached hydrogen (secondary N) is 1. The summed E-state index contributed by atoms with van der Waals surface area (Å²) in [4.78, 5) is 23.2. The van der Waals surface area contributed by atoms with E-state index in [0.717, 1.165) is 4.90 Å². The Bertz CT molecular complexity index is 715. The Morgan fingerprint density at radius 2 is 1.78 bits per heavy atom. The molecular formula is C16H12ClN2O3S-. The predicted octanol–water partition coefficient (Wildman–Crippen LogP) is 1.95. The van der Waals surface area contributed by atoms with Gasteiger partial charge in [-0.15, -0.1) is 11.8 Å². The van der Waals surface area contributed by atoms with Crippen molar-refractivity contribution in [2.75, 3.05) is 5.75 Å². The van der Waals surface area contributed by atoms with Crippen molar-refractivity contribution >= 4 is 41.5 Å². The SMILES string of the molecule is O=C(CSc1ccc(Cl)cc1)N/N=C\c1ccc(C(=O)[O-])cc1. The molecule has 0 atom stereocenters. The van der Waals surface area contributed by atoms with E-state index in [2.05, 4.69) is 10.5 Å². The number of hydrogen-bond acceptors (Lipinski definition) is 5. The second kappa shape index (κ2) is 8.36. The number of benzene rings is 2. The lowest BCUT2D eigenvalue weighted by Crippen LogP contribution is -2.22. The molecule has 1 amide bonds. The summed E-state index contributed by atoms with van der Waals surface area (Å²) < 4.78 is 0. The number of aromatic carboxylic acids is 1. The lowest BCUT2D eigenvalue weighted by Gasteiger charge is -2.02. The number of carboxylic acid groups (broad SMARTS) is 1.